The number of aryl methyl sites for hydroxylation is 4. The summed E-state index contributed by atoms with van der Waals surface area (Å²) in [6.45, 7) is 3.94. The van der Waals surface area contributed by atoms with E-state index in [1.165, 1.54) is 21.6 Å². The zero-order valence-electron chi connectivity index (χ0n) is 20.7. The Morgan fingerprint density at radius 1 is 1.03 bits per heavy atom. The highest BCUT2D eigenvalue weighted by Crippen LogP contribution is 2.55. The van der Waals surface area contributed by atoms with Gasteiger partial charge in [0.05, 0.1) is 6.20 Å². The maximum Gasteiger partial charge on any atom is 0.274 e. The number of carbonyl (C=O) groups is 1. The number of fused-ring (bicyclic) bond motifs is 2. The van der Waals surface area contributed by atoms with Crippen molar-refractivity contribution in [3.05, 3.63) is 80.3 Å². The molecule has 3 atom stereocenters. The van der Waals surface area contributed by atoms with Crippen LogP contribution in [0.2, 0.25) is 0 Å². The summed E-state index contributed by atoms with van der Waals surface area (Å²) in [6.07, 6.45) is 5.56. The van der Waals surface area contributed by atoms with Crippen LogP contribution < -0.4 is 21.2 Å². The van der Waals surface area contributed by atoms with Crippen molar-refractivity contribution in [2.24, 2.45) is 25.9 Å². The minimum atomic E-state index is -0.250. The fourth-order valence-corrected chi connectivity index (χ4v) is 5.39. The molecule has 3 aromatic heterocycles. The number of para-hydroxylation sites is 1. The van der Waals surface area contributed by atoms with E-state index in [2.05, 4.69) is 10.3 Å². The fourth-order valence-electron chi connectivity index (χ4n) is 5.39. The van der Waals surface area contributed by atoms with E-state index in [0.29, 0.717) is 45.1 Å². The van der Waals surface area contributed by atoms with E-state index in [1.807, 2.05) is 32.0 Å². The summed E-state index contributed by atoms with van der Waals surface area (Å²) in [5.41, 5.74) is 3.30. The summed E-state index contributed by atoms with van der Waals surface area (Å²) in [5.74, 6) is 2.35. The fraction of sp³-hybridized carbons (Fsp3) is 0.321. The third-order valence-corrected chi connectivity index (χ3v) is 7.68. The molecule has 0 spiro atoms. The minimum absolute atomic E-state index is 0.210. The van der Waals surface area contributed by atoms with Gasteiger partial charge >= 0.3 is 0 Å². The number of hydrogen-bond donors (Lipinski definition) is 2. The number of benzene rings is 1. The summed E-state index contributed by atoms with van der Waals surface area (Å²) < 4.78 is 9.31. The predicted octanol–water partition coefficient (Wildman–Crippen LogP) is 3.78. The van der Waals surface area contributed by atoms with Crippen LogP contribution in [0, 0.1) is 25.7 Å². The van der Waals surface area contributed by atoms with Gasteiger partial charge in [-0.3, -0.25) is 14.4 Å². The number of nitrogens with zero attached hydrogens (tertiary/aromatic N) is 2. The molecule has 0 radical (unpaired) electrons. The van der Waals surface area contributed by atoms with Gasteiger partial charge in [0.25, 0.3) is 17.0 Å². The van der Waals surface area contributed by atoms with Crippen LogP contribution in [0.15, 0.2) is 52.3 Å². The van der Waals surface area contributed by atoms with E-state index in [0.717, 1.165) is 23.5 Å². The second-order valence-electron chi connectivity index (χ2n) is 10.2. The second kappa shape index (κ2) is 7.98. The van der Waals surface area contributed by atoms with Crippen molar-refractivity contribution in [1.82, 2.24) is 19.4 Å². The molecule has 0 bridgehead atoms. The van der Waals surface area contributed by atoms with Crippen LogP contribution in [0.25, 0.3) is 22.0 Å². The molecule has 3 heterocycles. The van der Waals surface area contributed by atoms with Crippen LogP contribution in [0.5, 0.6) is 11.5 Å². The Labute approximate surface area is 207 Å². The van der Waals surface area contributed by atoms with Crippen molar-refractivity contribution in [3.8, 4) is 22.6 Å². The molecule has 2 unspecified atom stereocenters. The van der Waals surface area contributed by atoms with Gasteiger partial charge in [0.15, 0.2) is 5.75 Å². The summed E-state index contributed by atoms with van der Waals surface area (Å²) in [7, 11) is 3.32. The molecule has 1 aromatic carbocycles. The molecule has 2 aliphatic carbocycles. The van der Waals surface area contributed by atoms with Crippen LogP contribution in [0.1, 0.15) is 34.5 Å². The van der Waals surface area contributed by atoms with Crippen molar-refractivity contribution in [1.29, 1.82) is 0 Å². The van der Waals surface area contributed by atoms with E-state index in [9.17, 15) is 14.4 Å². The number of pyridine rings is 2. The molecule has 36 heavy (non-hydrogen) atoms. The lowest BCUT2D eigenvalue weighted by atomic mass is 9.93. The number of aromatic nitrogens is 3. The molecule has 2 saturated carbocycles. The Kier molecular flexibility index (Phi) is 4.96. The molecule has 8 heteroatoms. The Balaban J connectivity index is 1.49. The van der Waals surface area contributed by atoms with Crippen LogP contribution >= 0.6 is 0 Å². The molecule has 2 aliphatic rings. The molecule has 0 saturated heterocycles. The maximum atomic E-state index is 13.0. The molecule has 2 fully saturated rings. The monoisotopic (exact) mass is 484 g/mol. The van der Waals surface area contributed by atoms with Gasteiger partial charge in [-0.05, 0) is 55.7 Å². The van der Waals surface area contributed by atoms with Gasteiger partial charge in [0.2, 0.25) is 0 Å². The number of carbonyl (C=O) groups excluding carboxylic acids is 1. The summed E-state index contributed by atoms with van der Waals surface area (Å²) in [6, 6.07) is 9.33. The van der Waals surface area contributed by atoms with Crippen molar-refractivity contribution < 1.29 is 9.53 Å². The summed E-state index contributed by atoms with van der Waals surface area (Å²) >= 11 is 0. The Hall–Kier alpha value is -4.07. The molecular formula is C28H28N4O4. The first-order valence-electron chi connectivity index (χ1n) is 12.2. The zero-order chi connectivity index (χ0) is 25.3. The topological polar surface area (TPSA) is 98.1 Å². The lowest BCUT2D eigenvalue weighted by molar-refractivity contribution is 0.0907. The minimum Gasteiger partial charge on any atom is -0.455 e. The van der Waals surface area contributed by atoms with Gasteiger partial charge in [-0.15, -0.1) is 0 Å². The molecule has 4 aromatic rings. The number of nitrogens with one attached hydrogen (secondary N) is 2. The van der Waals surface area contributed by atoms with E-state index < -0.39 is 0 Å². The molecule has 2 N–H and O–H groups in total. The normalized spacial score (nSPS) is 20.1. The molecule has 1 amide bonds. The first-order chi connectivity index (χ1) is 17.2. The molecule has 8 nitrogen and oxygen atoms in total. The number of aromatic amines is 1. The van der Waals surface area contributed by atoms with Gasteiger partial charge in [-0.2, -0.15) is 0 Å². The van der Waals surface area contributed by atoms with Crippen LogP contribution in [-0.2, 0) is 14.1 Å². The highest BCUT2D eigenvalue weighted by Gasteiger charge is 2.53. The smallest absolute Gasteiger partial charge is 0.274 e. The third kappa shape index (κ3) is 3.56. The Morgan fingerprint density at radius 3 is 2.44 bits per heavy atom. The van der Waals surface area contributed by atoms with Gasteiger partial charge in [-0.25, -0.2) is 0 Å². The summed E-state index contributed by atoms with van der Waals surface area (Å²) in [5, 5.41) is 3.66. The average Bonchev–Trinajstić information content (AvgIpc) is 3.28. The number of ether oxygens (including phenoxy) is 1. The predicted molar refractivity (Wildman–Crippen MR) is 138 cm³/mol. The highest BCUT2D eigenvalue weighted by molar-refractivity contribution is 6.03. The quantitative estimate of drug-likeness (QED) is 0.450. The third-order valence-electron chi connectivity index (χ3n) is 7.68. The lowest BCUT2D eigenvalue weighted by Crippen LogP contribution is -2.42. The lowest BCUT2D eigenvalue weighted by Gasteiger charge is -2.25. The molecule has 184 valence electrons. The number of hydrogen-bond acceptors (Lipinski definition) is 4. The van der Waals surface area contributed by atoms with Crippen molar-refractivity contribution in [2.45, 2.75) is 32.7 Å². The summed E-state index contributed by atoms with van der Waals surface area (Å²) in [4.78, 5) is 41.7. The van der Waals surface area contributed by atoms with Crippen molar-refractivity contribution in [3.63, 3.8) is 0 Å². The number of H-pyrrole nitrogens is 1. The maximum absolute atomic E-state index is 13.0. The van der Waals surface area contributed by atoms with E-state index in [-0.39, 0.29) is 23.1 Å². The van der Waals surface area contributed by atoms with E-state index in [4.69, 9.17) is 4.74 Å². The standard InChI is InChI=1S/C28H28N4O4/c1-14-6-5-7-15(2)26(14)36-23-13-31(3)24(33)11-18(23)20-12-32(4)28(35)25-19(20)10-22(29-25)27(34)30-21-9-16-8-17(16)21/h5-7,10-13,16-17,21,29H,8-9H2,1-4H3,(H,30,34)/t16?,17?,21-/m1/s1. The zero-order valence-corrected chi connectivity index (χ0v) is 20.7. The number of amides is 1. The van der Waals surface area contributed by atoms with Gasteiger partial charge < -0.3 is 24.2 Å². The van der Waals surface area contributed by atoms with Gasteiger partial charge in [0, 0.05) is 48.9 Å². The molecular weight excluding hydrogens is 456 g/mol. The Bertz CT molecular complexity index is 1660. The SMILES string of the molecule is Cc1cccc(C)c1Oc1cn(C)c(=O)cc1-c1cn(C)c(=O)c2[nH]c(C(=O)N[C@@H]3CC4CC43)cc12. The first kappa shape index (κ1) is 22.4. The molecule has 6 rings (SSSR count). The van der Waals surface area contributed by atoms with E-state index >= 15 is 0 Å². The van der Waals surface area contributed by atoms with Crippen LogP contribution in [0.4, 0.5) is 0 Å². The second-order valence-corrected chi connectivity index (χ2v) is 10.2. The van der Waals surface area contributed by atoms with Crippen molar-refractivity contribution in [2.75, 3.05) is 0 Å². The Morgan fingerprint density at radius 2 is 1.78 bits per heavy atom. The first-order valence-corrected chi connectivity index (χ1v) is 12.2. The van der Waals surface area contributed by atoms with Gasteiger partial charge in [0.1, 0.15) is 17.0 Å². The van der Waals surface area contributed by atoms with E-state index in [1.54, 1.807) is 32.6 Å². The van der Waals surface area contributed by atoms with Crippen LogP contribution in [0.3, 0.4) is 0 Å². The van der Waals surface area contributed by atoms with Gasteiger partial charge in [-0.1, -0.05) is 18.2 Å². The largest absolute Gasteiger partial charge is 0.455 e. The molecule has 0 aliphatic heterocycles. The number of rotatable bonds is 5. The van der Waals surface area contributed by atoms with Crippen molar-refractivity contribution >= 4 is 16.8 Å². The van der Waals surface area contributed by atoms with Crippen LogP contribution in [-0.4, -0.2) is 26.1 Å². The highest BCUT2D eigenvalue weighted by atomic mass is 16.5. The average molecular weight is 485 g/mol.